The lowest BCUT2D eigenvalue weighted by Crippen LogP contribution is -2.51. The zero-order valence-electron chi connectivity index (χ0n) is 39.8. The highest BCUT2D eigenvalue weighted by Gasteiger charge is 2.59. The SMILES string of the molecule is CCCC(CC(C)C)C(CC)(CC(C)C)C(=O)[O][Al]([O]C(=O)C(CC)(CC(C)C)C(CCC)CC(C)C)[O]C(=O)C(CC)(CC(C)C)C(CCC)CC(C)C. The van der Waals surface area contributed by atoms with Crippen molar-refractivity contribution >= 4 is 33.1 Å². The van der Waals surface area contributed by atoms with Gasteiger partial charge in [-0.1, -0.05) is 144 Å². The number of carbonyl (C=O) groups excluding carboxylic acids is 3. The van der Waals surface area contributed by atoms with Gasteiger partial charge >= 0.3 is 15.1 Å². The Bertz CT molecular complexity index is 951. The minimum absolute atomic E-state index is 0.102. The van der Waals surface area contributed by atoms with Crippen molar-refractivity contribution in [2.75, 3.05) is 0 Å². The molecule has 55 heavy (non-hydrogen) atoms. The quantitative estimate of drug-likeness (QED) is 0.0674. The van der Waals surface area contributed by atoms with Crippen LogP contribution in [0.4, 0.5) is 0 Å². The fourth-order valence-electron chi connectivity index (χ4n) is 10.5. The Morgan fingerprint density at radius 3 is 0.764 bits per heavy atom. The Hall–Kier alpha value is -1.06. The maximum Gasteiger partial charge on any atom is 1.20 e. The van der Waals surface area contributed by atoms with Gasteiger partial charge in [0.1, 0.15) is 0 Å². The van der Waals surface area contributed by atoms with Gasteiger partial charge in [-0.2, -0.15) is 0 Å². The molecule has 0 aliphatic carbocycles. The summed E-state index contributed by atoms with van der Waals surface area (Å²) in [6.45, 7) is 39.1. The molecule has 6 atom stereocenters. The minimum atomic E-state index is -3.72. The molecule has 0 aromatic carbocycles. The van der Waals surface area contributed by atoms with Crippen LogP contribution in [0, 0.1) is 69.5 Å². The Balaban J connectivity index is 7.79. The topological polar surface area (TPSA) is 78.9 Å². The van der Waals surface area contributed by atoms with Crippen LogP contribution in [0.3, 0.4) is 0 Å². The summed E-state index contributed by atoms with van der Waals surface area (Å²) in [6.07, 6.45) is 12.1. The van der Waals surface area contributed by atoms with Gasteiger partial charge in [0.25, 0.3) is 17.9 Å². The highest BCUT2D eigenvalue weighted by Crippen LogP contribution is 2.49. The van der Waals surface area contributed by atoms with Crippen LogP contribution >= 0.6 is 0 Å². The number of hydrogen-bond donors (Lipinski definition) is 0. The molecule has 0 saturated carbocycles. The van der Waals surface area contributed by atoms with E-state index in [1.807, 2.05) is 0 Å². The smallest absolute Gasteiger partial charge is 0.550 e. The molecule has 0 saturated heterocycles. The lowest BCUT2D eigenvalue weighted by atomic mass is 9.64. The van der Waals surface area contributed by atoms with Crippen LogP contribution in [0.1, 0.15) is 221 Å². The summed E-state index contributed by atoms with van der Waals surface area (Å²) in [5, 5.41) is 0. The molecule has 0 radical (unpaired) electrons. The Labute approximate surface area is 347 Å². The largest absolute Gasteiger partial charge is 1.20 e. The van der Waals surface area contributed by atoms with Crippen LogP contribution in [0.25, 0.3) is 0 Å². The Morgan fingerprint density at radius 2 is 0.618 bits per heavy atom. The van der Waals surface area contributed by atoms with Crippen LogP contribution in [0.15, 0.2) is 0 Å². The molecule has 0 aliphatic rings. The van der Waals surface area contributed by atoms with E-state index >= 15 is 14.4 Å². The van der Waals surface area contributed by atoms with Crippen LogP contribution in [0.5, 0.6) is 0 Å². The Kier molecular flexibility index (Phi) is 25.6. The molecular weight excluding hydrogens is 700 g/mol. The van der Waals surface area contributed by atoms with Gasteiger partial charge in [-0.25, -0.2) is 0 Å². The first kappa shape index (κ1) is 53.9. The summed E-state index contributed by atoms with van der Waals surface area (Å²) in [5.74, 6) is 1.21. The highest BCUT2D eigenvalue weighted by atomic mass is 27.3. The van der Waals surface area contributed by atoms with Crippen molar-refractivity contribution in [2.24, 2.45) is 69.5 Å². The van der Waals surface area contributed by atoms with E-state index in [1.165, 1.54) is 0 Å². The second-order valence-electron chi connectivity index (χ2n) is 20.2. The summed E-state index contributed by atoms with van der Waals surface area (Å²) >= 11 is -3.72. The van der Waals surface area contributed by atoms with Gasteiger partial charge in [0.05, 0.1) is 16.2 Å². The molecule has 0 rings (SSSR count). The molecule has 7 heteroatoms. The molecule has 6 unspecified atom stereocenters. The van der Waals surface area contributed by atoms with Gasteiger partial charge in [-0.3, -0.25) is 14.4 Å². The van der Waals surface area contributed by atoms with Crippen molar-refractivity contribution in [3.8, 4) is 0 Å². The average Bonchev–Trinajstić information content (AvgIpc) is 3.06. The molecule has 0 aromatic heterocycles. The molecular formula is C48H93AlO6. The van der Waals surface area contributed by atoms with E-state index in [0.717, 1.165) is 57.8 Å². The summed E-state index contributed by atoms with van der Waals surface area (Å²) in [6, 6.07) is 0. The van der Waals surface area contributed by atoms with Crippen molar-refractivity contribution in [3.05, 3.63) is 0 Å². The van der Waals surface area contributed by atoms with E-state index in [4.69, 9.17) is 11.4 Å². The second kappa shape index (κ2) is 26.1. The van der Waals surface area contributed by atoms with E-state index < -0.39 is 31.4 Å². The van der Waals surface area contributed by atoms with E-state index in [9.17, 15) is 0 Å². The minimum Gasteiger partial charge on any atom is -0.550 e. The third-order valence-electron chi connectivity index (χ3n) is 12.6. The summed E-state index contributed by atoms with van der Waals surface area (Å²) < 4.78 is 19.8. The molecule has 0 spiro atoms. The standard InChI is InChI=1S/3C16H32O2.Al/c3*1-7-9-14(10-12(3)4)16(8-2,15(17)18)11-13(5)6;/h3*12-14H,7-11H2,1-6H3,(H,17,18);/q;;;+3/p-3. The first-order valence-corrected chi connectivity index (χ1v) is 24.7. The third kappa shape index (κ3) is 16.3. The second-order valence-corrected chi connectivity index (χ2v) is 21.5. The zero-order chi connectivity index (χ0) is 42.7. The molecule has 0 aromatic rings. The first-order valence-electron chi connectivity index (χ1n) is 23.2. The van der Waals surface area contributed by atoms with Gasteiger partial charge in [0.2, 0.25) is 0 Å². The molecule has 0 aliphatic heterocycles. The van der Waals surface area contributed by atoms with Gasteiger partial charge in [-0.05, 0) is 130 Å². The summed E-state index contributed by atoms with van der Waals surface area (Å²) in [4.78, 5) is 45.3. The monoisotopic (exact) mass is 793 g/mol. The predicted molar refractivity (Wildman–Crippen MR) is 234 cm³/mol. The van der Waals surface area contributed by atoms with Gasteiger partial charge in [0, 0.05) is 0 Å². The lowest BCUT2D eigenvalue weighted by Gasteiger charge is -2.43. The molecule has 0 bridgehead atoms. The number of hydrogen-bond acceptors (Lipinski definition) is 6. The van der Waals surface area contributed by atoms with E-state index in [1.54, 1.807) is 0 Å². The van der Waals surface area contributed by atoms with Crippen molar-refractivity contribution in [1.82, 2.24) is 0 Å². The zero-order valence-corrected chi connectivity index (χ0v) is 41.0. The van der Waals surface area contributed by atoms with Crippen molar-refractivity contribution in [1.29, 1.82) is 0 Å². The van der Waals surface area contributed by atoms with E-state index in [0.29, 0.717) is 56.3 Å². The third-order valence-corrected chi connectivity index (χ3v) is 13.8. The molecule has 6 nitrogen and oxygen atoms in total. The van der Waals surface area contributed by atoms with Gasteiger partial charge in [-0.15, -0.1) is 0 Å². The van der Waals surface area contributed by atoms with Crippen LogP contribution in [-0.2, 0) is 25.7 Å². The van der Waals surface area contributed by atoms with E-state index in [2.05, 4.69) is 125 Å². The summed E-state index contributed by atoms with van der Waals surface area (Å²) in [7, 11) is 0. The first-order chi connectivity index (χ1) is 25.6. The van der Waals surface area contributed by atoms with E-state index in [-0.39, 0.29) is 53.4 Å². The van der Waals surface area contributed by atoms with Gasteiger partial charge in [0.15, 0.2) is 0 Å². The highest BCUT2D eigenvalue weighted by molar-refractivity contribution is 6.44. The summed E-state index contributed by atoms with van der Waals surface area (Å²) in [5.41, 5.74) is -2.32. The number of carbonyl (C=O) groups is 3. The maximum atomic E-state index is 15.1. The Morgan fingerprint density at radius 1 is 0.400 bits per heavy atom. The van der Waals surface area contributed by atoms with Crippen LogP contribution in [0.2, 0.25) is 0 Å². The maximum absolute atomic E-state index is 15.1. The van der Waals surface area contributed by atoms with Crippen molar-refractivity contribution in [2.45, 2.75) is 221 Å². The number of rotatable bonds is 30. The average molecular weight is 793 g/mol. The molecule has 0 N–H and O–H groups in total. The lowest BCUT2D eigenvalue weighted by molar-refractivity contribution is -0.168. The molecule has 0 heterocycles. The van der Waals surface area contributed by atoms with Crippen molar-refractivity contribution < 1.29 is 25.7 Å². The van der Waals surface area contributed by atoms with Crippen LogP contribution in [-0.4, -0.2) is 33.1 Å². The fraction of sp³-hybridized carbons (Fsp3) is 0.938. The molecule has 0 fully saturated rings. The molecule has 0 amide bonds. The molecule has 324 valence electrons. The predicted octanol–water partition coefficient (Wildman–Crippen LogP) is 14.3. The van der Waals surface area contributed by atoms with Gasteiger partial charge < -0.3 is 11.4 Å². The fourth-order valence-corrected chi connectivity index (χ4v) is 11.8. The van der Waals surface area contributed by atoms with Crippen LogP contribution < -0.4 is 0 Å². The van der Waals surface area contributed by atoms with Crippen molar-refractivity contribution in [3.63, 3.8) is 0 Å². The normalized spacial score (nSPS) is 17.2.